The molecule has 40 heavy (non-hydrogen) atoms. The second kappa shape index (κ2) is 12.5. The Bertz CT molecular complexity index is 1380. The van der Waals surface area contributed by atoms with Gasteiger partial charge in [0.2, 0.25) is 5.75 Å². The van der Waals surface area contributed by atoms with Gasteiger partial charge in [0, 0.05) is 34.8 Å². The summed E-state index contributed by atoms with van der Waals surface area (Å²) in [5.74, 6) is 3.80. The van der Waals surface area contributed by atoms with Crippen molar-refractivity contribution in [1.82, 2.24) is 0 Å². The number of methoxy groups -OCH3 is 7. The largest absolute Gasteiger partial charge is 0.493 e. The van der Waals surface area contributed by atoms with Crippen molar-refractivity contribution in [2.24, 2.45) is 5.92 Å². The van der Waals surface area contributed by atoms with E-state index in [0.717, 1.165) is 16.8 Å². The van der Waals surface area contributed by atoms with Crippen LogP contribution >= 0.6 is 0 Å². The van der Waals surface area contributed by atoms with Gasteiger partial charge in [-0.05, 0) is 48.4 Å². The molecule has 0 aromatic heterocycles. The van der Waals surface area contributed by atoms with Crippen molar-refractivity contribution in [1.29, 1.82) is 0 Å². The highest BCUT2D eigenvalue weighted by molar-refractivity contribution is 6.01. The maximum Gasteiger partial charge on any atom is 0.203 e. The fourth-order valence-electron chi connectivity index (χ4n) is 4.59. The Morgan fingerprint density at radius 2 is 1.25 bits per heavy atom. The zero-order chi connectivity index (χ0) is 28.8. The first kappa shape index (κ1) is 28.5. The van der Waals surface area contributed by atoms with Crippen LogP contribution in [0.15, 0.2) is 42.5 Å². The van der Waals surface area contributed by atoms with Gasteiger partial charge in [-0.1, -0.05) is 12.2 Å². The van der Waals surface area contributed by atoms with Crippen molar-refractivity contribution in [3.05, 3.63) is 59.2 Å². The van der Waals surface area contributed by atoms with E-state index in [0.29, 0.717) is 52.2 Å². The fraction of sp³-hybridized carbons (Fsp3) is 0.323. The molecule has 2 atom stereocenters. The van der Waals surface area contributed by atoms with Crippen molar-refractivity contribution in [2.75, 3.05) is 55.1 Å². The summed E-state index contributed by atoms with van der Waals surface area (Å²) in [6, 6.07) is 12.7. The number of nitrogens with one attached hydrogen (secondary N) is 1. The lowest BCUT2D eigenvalue weighted by molar-refractivity contribution is 0.0966. The molecule has 1 aliphatic carbocycles. The van der Waals surface area contributed by atoms with Gasteiger partial charge in [-0.2, -0.15) is 0 Å². The third-order valence-electron chi connectivity index (χ3n) is 6.83. The highest BCUT2D eigenvalue weighted by Crippen LogP contribution is 2.42. The van der Waals surface area contributed by atoms with Crippen LogP contribution in [0.4, 0.5) is 5.69 Å². The lowest BCUT2D eigenvalue weighted by atomic mass is 10.1. The summed E-state index contributed by atoms with van der Waals surface area (Å²) >= 11 is 0. The van der Waals surface area contributed by atoms with E-state index in [1.165, 1.54) is 0 Å². The number of hydrogen-bond acceptors (Lipinski definition) is 9. The van der Waals surface area contributed by atoms with Crippen LogP contribution in [0, 0.1) is 5.92 Å². The van der Waals surface area contributed by atoms with E-state index in [2.05, 4.69) is 5.32 Å². The van der Waals surface area contributed by atoms with E-state index in [4.69, 9.17) is 33.2 Å². The van der Waals surface area contributed by atoms with Crippen LogP contribution in [-0.4, -0.2) is 61.6 Å². The number of carbonyl (C=O) groups is 1. The number of benzene rings is 3. The molecule has 0 amide bonds. The van der Waals surface area contributed by atoms with Gasteiger partial charge >= 0.3 is 0 Å². The molecule has 0 radical (unpaired) electrons. The van der Waals surface area contributed by atoms with Crippen LogP contribution in [0.1, 0.15) is 27.9 Å². The van der Waals surface area contributed by atoms with Crippen LogP contribution in [0.5, 0.6) is 40.2 Å². The van der Waals surface area contributed by atoms with Crippen LogP contribution in [0.25, 0.3) is 12.2 Å². The smallest absolute Gasteiger partial charge is 0.203 e. The molecule has 4 rings (SSSR count). The summed E-state index contributed by atoms with van der Waals surface area (Å²) in [7, 11) is 11.0. The second-order valence-electron chi connectivity index (χ2n) is 9.11. The fourth-order valence-corrected chi connectivity index (χ4v) is 4.59. The molecule has 0 aliphatic heterocycles. The zero-order valence-corrected chi connectivity index (χ0v) is 23.8. The van der Waals surface area contributed by atoms with Gasteiger partial charge in [-0.3, -0.25) is 4.79 Å². The highest BCUT2D eigenvalue weighted by Gasteiger charge is 2.43. The van der Waals surface area contributed by atoms with Crippen LogP contribution in [0.3, 0.4) is 0 Å². The van der Waals surface area contributed by atoms with Gasteiger partial charge in [0.05, 0.1) is 49.8 Å². The number of hydrogen-bond donors (Lipinski definition) is 1. The van der Waals surface area contributed by atoms with E-state index < -0.39 is 0 Å². The minimum atomic E-state index is -0.168. The molecule has 3 aromatic carbocycles. The van der Waals surface area contributed by atoms with E-state index in [1.54, 1.807) is 68.0 Å². The standard InChI is InChI=1S/C31H35NO8/c1-34-24-11-10-20(15-25(24)35-2)30(33)21-16-23(21)32-22-17-27(37-4)26(36-3)14-19(22)9-8-18-12-28(38-5)31(40-7)29(13-18)39-6/h8-15,17,21,23,32H,16H2,1-7H3/b9-8-. The third-order valence-corrected chi connectivity index (χ3v) is 6.83. The van der Waals surface area contributed by atoms with E-state index in [-0.39, 0.29) is 17.7 Å². The van der Waals surface area contributed by atoms with Gasteiger partial charge < -0.3 is 38.5 Å². The Morgan fingerprint density at radius 3 is 1.82 bits per heavy atom. The first-order chi connectivity index (χ1) is 19.4. The average Bonchev–Trinajstić information content (AvgIpc) is 3.77. The van der Waals surface area contributed by atoms with Gasteiger partial charge in [-0.15, -0.1) is 0 Å². The molecule has 2 unspecified atom stereocenters. The minimum Gasteiger partial charge on any atom is -0.493 e. The van der Waals surface area contributed by atoms with Crippen molar-refractivity contribution in [3.8, 4) is 40.2 Å². The number of rotatable bonds is 13. The van der Waals surface area contributed by atoms with Gasteiger partial charge in [-0.25, -0.2) is 0 Å². The average molecular weight is 550 g/mol. The molecule has 1 fully saturated rings. The summed E-state index contributed by atoms with van der Waals surface area (Å²) in [4.78, 5) is 13.2. The quantitative estimate of drug-likeness (QED) is 0.216. The SMILES string of the molecule is COc1ccc(C(=O)C2CC2Nc2cc(OC)c(OC)cc2/C=C\c2cc(OC)c(OC)c(OC)c2)cc1OC. The molecule has 1 aliphatic rings. The second-order valence-corrected chi connectivity index (χ2v) is 9.11. The van der Waals surface area contributed by atoms with E-state index in [9.17, 15) is 4.79 Å². The van der Waals surface area contributed by atoms with Crippen molar-refractivity contribution >= 4 is 23.6 Å². The Labute approximate surface area is 234 Å². The molecular weight excluding hydrogens is 514 g/mol. The molecule has 9 heteroatoms. The lowest BCUT2D eigenvalue weighted by Gasteiger charge is -2.15. The molecule has 0 heterocycles. The lowest BCUT2D eigenvalue weighted by Crippen LogP contribution is -2.12. The molecule has 3 aromatic rings. The number of Topliss-reactive ketones (excluding diaryl/α,β-unsaturated/α-hetero) is 1. The summed E-state index contributed by atoms with van der Waals surface area (Å²) in [6.45, 7) is 0. The summed E-state index contributed by atoms with van der Waals surface area (Å²) in [5, 5.41) is 3.53. The van der Waals surface area contributed by atoms with Crippen LogP contribution < -0.4 is 38.5 Å². The monoisotopic (exact) mass is 549 g/mol. The Morgan fingerprint density at radius 1 is 0.675 bits per heavy atom. The molecular formula is C31H35NO8. The maximum atomic E-state index is 13.2. The maximum absolute atomic E-state index is 13.2. The van der Waals surface area contributed by atoms with E-state index in [1.807, 2.05) is 36.4 Å². The molecule has 0 bridgehead atoms. The molecule has 1 N–H and O–H groups in total. The first-order valence-corrected chi connectivity index (χ1v) is 12.7. The number of carbonyl (C=O) groups excluding carboxylic acids is 1. The van der Waals surface area contributed by atoms with Crippen LogP contribution in [-0.2, 0) is 0 Å². The Balaban J connectivity index is 1.61. The minimum absolute atomic E-state index is 0.0352. The Hall–Kier alpha value is -4.53. The van der Waals surface area contributed by atoms with Gasteiger partial charge in [0.15, 0.2) is 40.3 Å². The third kappa shape index (κ3) is 5.88. The normalized spacial score (nSPS) is 15.8. The number of anilines is 1. The van der Waals surface area contributed by atoms with Crippen molar-refractivity contribution in [3.63, 3.8) is 0 Å². The van der Waals surface area contributed by atoms with Gasteiger partial charge in [0.25, 0.3) is 0 Å². The van der Waals surface area contributed by atoms with Crippen molar-refractivity contribution < 1.29 is 38.0 Å². The molecule has 1 saturated carbocycles. The predicted octanol–water partition coefficient (Wildman–Crippen LogP) is 5.60. The Kier molecular flexibility index (Phi) is 8.93. The predicted molar refractivity (Wildman–Crippen MR) is 154 cm³/mol. The summed E-state index contributed by atoms with van der Waals surface area (Å²) < 4.78 is 38.2. The molecule has 0 spiro atoms. The van der Waals surface area contributed by atoms with Crippen LogP contribution in [0.2, 0.25) is 0 Å². The van der Waals surface area contributed by atoms with Gasteiger partial charge in [0.1, 0.15) is 0 Å². The summed E-state index contributed by atoms with van der Waals surface area (Å²) in [5.41, 5.74) is 3.11. The number of ketones is 1. The summed E-state index contributed by atoms with van der Waals surface area (Å²) in [6.07, 6.45) is 4.60. The molecule has 0 saturated heterocycles. The zero-order valence-electron chi connectivity index (χ0n) is 23.8. The first-order valence-electron chi connectivity index (χ1n) is 12.7. The van der Waals surface area contributed by atoms with Crippen molar-refractivity contribution in [2.45, 2.75) is 12.5 Å². The molecule has 9 nitrogen and oxygen atoms in total. The van der Waals surface area contributed by atoms with E-state index >= 15 is 0 Å². The highest BCUT2D eigenvalue weighted by atomic mass is 16.5. The topological polar surface area (TPSA) is 93.7 Å². The molecule has 212 valence electrons. The number of ether oxygens (including phenoxy) is 7.